The van der Waals surface area contributed by atoms with Crippen LogP contribution in [-0.2, 0) is 0 Å². The average Bonchev–Trinajstić information content (AvgIpc) is 2.71. The van der Waals surface area contributed by atoms with E-state index in [2.05, 4.69) is 23.1 Å². The summed E-state index contributed by atoms with van der Waals surface area (Å²) < 4.78 is 5.76. The predicted octanol–water partition coefficient (Wildman–Crippen LogP) is 3.26. The standard InChI is InChI=1S/C15H20ClNO/c16-8-9-17(13-4-3-5-13)10-12-11-18-15-7-2-1-6-14(12)15/h1-2,6-7,12-13H,3-5,8-11H2. The van der Waals surface area contributed by atoms with Gasteiger partial charge in [0.05, 0.1) is 6.61 Å². The minimum absolute atomic E-state index is 0.519. The minimum Gasteiger partial charge on any atom is -0.493 e. The van der Waals surface area contributed by atoms with Crippen LogP contribution < -0.4 is 4.74 Å². The first-order valence-corrected chi connectivity index (χ1v) is 7.43. The summed E-state index contributed by atoms with van der Waals surface area (Å²) in [6.07, 6.45) is 4.05. The van der Waals surface area contributed by atoms with Gasteiger partial charge in [0.1, 0.15) is 5.75 Å². The molecule has 1 aromatic rings. The van der Waals surface area contributed by atoms with Gasteiger partial charge in [0.2, 0.25) is 0 Å². The molecule has 0 amide bonds. The molecule has 3 heteroatoms. The second kappa shape index (κ2) is 5.50. The van der Waals surface area contributed by atoms with Crippen molar-refractivity contribution in [2.24, 2.45) is 0 Å². The zero-order valence-electron chi connectivity index (χ0n) is 10.6. The Labute approximate surface area is 114 Å². The Morgan fingerprint density at radius 3 is 2.83 bits per heavy atom. The molecular formula is C15H20ClNO. The zero-order valence-corrected chi connectivity index (χ0v) is 11.4. The monoisotopic (exact) mass is 265 g/mol. The number of hydrogen-bond donors (Lipinski definition) is 0. The molecular weight excluding hydrogens is 246 g/mol. The first kappa shape index (κ1) is 12.3. The summed E-state index contributed by atoms with van der Waals surface area (Å²) in [6.45, 7) is 2.92. The number of fused-ring (bicyclic) bond motifs is 1. The van der Waals surface area contributed by atoms with E-state index in [1.807, 2.05) is 6.07 Å². The van der Waals surface area contributed by atoms with Crippen LogP contribution in [0.4, 0.5) is 0 Å². The van der Waals surface area contributed by atoms with Gasteiger partial charge in [-0.25, -0.2) is 0 Å². The Kier molecular flexibility index (Phi) is 3.76. The second-order valence-electron chi connectivity index (χ2n) is 5.31. The van der Waals surface area contributed by atoms with E-state index in [1.54, 1.807) is 0 Å². The molecule has 0 radical (unpaired) electrons. The first-order valence-electron chi connectivity index (χ1n) is 6.90. The van der Waals surface area contributed by atoms with E-state index in [4.69, 9.17) is 16.3 Å². The molecule has 0 saturated heterocycles. The highest BCUT2D eigenvalue weighted by Gasteiger charge is 2.30. The maximum Gasteiger partial charge on any atom is 0.122 e. The number of para-hydroxylation sites is 1. The van der Waals surface area contributed by atoms with Gasteiger partial charge in [-0.05, 0) is 18.9 Å². The molecule has 0 bridgehead atoms. The SMILES string of the molecule is ClCCN(CC1COc2ccccc21)C1CCC1. The van der Waals surface area contributed by atoms with Crippen molar-refractivity contribution >= 4 is 11.6 Å². The van der Waals surface area contributed by atoms with Crippen LogP contribution in [-0.4, -0.2) is 36.5 Å². The van der Waals surface area contributed by atoms with Crippen LogP contribution in [0.1, 0.15) is 30.7 Å². The van der Waals surface area contributed by atoms with Gasteiger partial charge in [-0.2, -0.15) is 0 Å². The first-order chi connectivity index (χ1) is 8.88. The molecule has 2 aliphatic rings. The van der Waals surface area contributed by atoms with Gasteiger partial charge in [-0.15, -0.1) is 11.6 Å². The number of benzene rings is 1. The van der Waals surface area contributed by atoms with Crippen LogP contribution >= 0.6 is 11.6 Å². The summed E-state index contributed by atoms with van der Waals surface area (Å²) in [6, 6.07) is 9.19. The molecule has 2 nitrogen and oxygen atoms in total. The maximum absolute atomic E-state index is 5.93. The Morgan fingerprint density at radius 1 is 1.28 bits per heavy atom. The summed E-state index contributed by atoms with van der Waals surface area (Å²) in [5.74, 6) is 2.32. The van der Waals surface area contributed by atoms with Gasteiger partial charge in [0.25, 0.3) is 0 Å². The summed E-state index contributed by atoms with van der Waals surface area (Å²) >= 11 is 5.93. The molecule has 1 aliphatic carbocycles. The molecule has 0 N–H and O–H groups in total. The van der Waals surface area contributed by atoms with Crippen LogP contribution in [0.15, 0.2) is 24.3 Å². The largest absolute Gasteiger partial charge is 0.493 e. The van der Waals surface area contributed by atoms with E-state index >= 15 is 0 Å². The minimum atomic E-state index is 0.519. The lowest BCUT2D eigenvalue weighted by Crippen LogP contribution is -2.43. The molecule has 1 unspecified atom stereocenters. The second-order valence-corrected chi connectivity index (χ2v) is 5.69. The molecule has 1 atom stereocenters. The molecule has 1 heterocycles. The highest BCUT2D eigenvalue weighted by molar-refractivity contribution is 6.18. The van der Waals surface area contributed by atoms with Gasteiger partial charge in [0.15, 0.2) is 0 Å². The molecule has 0 aromatic heterocycles. The molecule has 1 fully saturated rings. The lowest BCUT2D eigenvalue weighted by molar-refractivity contribution is 0.122. The number of nitrogens with zero attached hydrogens (tertiary/aromatic N) is 1. The molecule has 1 aromatic carbocycles. The van der Waals surface area contributed by atoms with Crippen molar-refractivity contribution in [2.75, 3.05) is 25.6 Å². The topological polar surface area (TPSA) is 12.5 Å². The normalized spacial score (nSPS) is 22.7. The number of alkyl halides is 1. The van der Waals surface area contributed by atoms with E-state index in [0.717, 1.165) is 37.4 Å². The molecule has 18 heavy (non-hydrogen) atoms. The van der Waals surface area contributed by atoms with E-state index < -0.39 is 0 Å². The van der Waals surface area contributed by atoms with Crippen molar-refractivity contribution in [3.8, 4) is 5.75 Å². The Morgan fingerprint density at radius 2 is 2.11 bits per heavy atom. The third kappa shape index (κ3) is 2.36. The van der Waals surface area contributed by atoms with Crippen LogP contribution in [0, 0.1) is 0 Å². The summed E-state index contributed by atoms with van der Waals surface area (Å²) in [5.41, 5.74) is 1.37. The van der Waals surface area contributed by atoms with Crippen molar-refractivity contribution in [1.29, 1.82) is 0 Å². The van der Waals surface area contributed by atoms with Gasteiger partial charge >= 0.3 is 0 Å². The van der Waals surface area contributed by atoms with E-state index in [0.29, 0.717) is 5.92 Å². The molecule has 1 aliphatic heterocycles. The predicted molar refractivity (Wildman–Crippen MR) is 74.6 cm³/mol. The van der Waals surface area contributed by atoms with Gasteiger partial charge in [-0.1, -0.05) is 24.6 Å². The fourth-order valence-corrected chi connectivity index (χ4v) is 3.16. The third-order valence-electron chi connectivity index (χ3n) is 4.22. The van der Waals surface area contributed by atoms with Crippen molar-refractivity contribution in [3.63, 3.8) is 0 Å². The summed E-state index contributed by atoms with van der Waals surface area (Å²) in [5, 5.41) is 0. The Hall–Kier alpha value is -0.730. The smallest absolute Gasteiger partial charge is 0.122 e. The lowest BCUT2D eigenvalue weighted by atomic mass is 9.90. The quantitative estimate of drug-likeness (QED) is 0.758. The van der Waals surface area contributed by atoms with Crippen molar-refractivity contribution in [3.05, 3.63) is 29.8 Å². The van der Waals surface area contributed by atoms with Crippen molar-refractivity contribution < 1.29 is 4.74 Å². The van der Waals surface area contributed by atoms with Crippen LogP contribution in [0.3, 0.4) is 0 Å². The van der Waals surface area contributed by atoms with E-state index in [1.165, 1.54) is 24.8 Å². The molecule has 98 valence electrons. The Balaban J connectivity index is 1.68. The highest BCUT2D eigenvalue weighted by atomic mass is 35.5. The number of hydrogen-bond acceptors (Lipinski definition) is 2. The van der Waals surface area contributed by atoms with Crippen LogP contribution in [0.25, 0.3) is 0 Å². The van der Waals surface area contributed by atoms with Gasteiger partial charge in [-0.3, -0.25) is 4.90 Å². The molecule has 1 saturated carbocycles. The molecule has 0 spiro atoms. The fourth-order valence-electron chi connectivity index (χ4n) is 2.95. The van der Waals surface area contributed by atoms with Gasteiger partial charge < -0.3 is 4.74 Å². The lowest BCUT2D eigenvalue weighted by Gasteiger charge is -2.38. The maximum atomic E-state index is 5.93. The van der Waals surface area contributed by atoms with E-state index in [-0.39, 0.29) is 0 Å². The van der Waals surface area contributed by atoms with Crippen LogP contribution in [0.5, 0.6) is 5.75 Å². The molecule has 3 rings (SSSR count). The summed E-state index contributed by atoms with van der Waals surface area (Å²) in [4.78, 5) is 2.56. The third-order valence-corrected chi connectivity index (χ3v) is 4.39. The zero-order chi connectivity index (χ0) is 12.4. The number of halogens is 1. The van der Waals surface area contributed by atoms with Gasteiger partial charge in [0, 0.05) is 36.5 Å². The summed E-state index contributed by atoms with van der Waals surface area (Å²) in [7, 11) is 0. The highest BCUT2D eigenvalue weighted by Crippen LogP contribution is 2.35. The van der Waals surface area contributed by atoms with E-state index in [9.17, 15) is 0 Å². The Bertz CT molecular complexity index is 405. The van der Waals surface area contributed by atoms with Crippen molar-refractivity contribution in [1.82, 2.24) is 4.90 Å². The van der Waals surface area contributed by atoms with Crippen molar-refractivity contribution in [2.45, 2.75) is 31.2 Å². The fraction of sp³-hybridized carbons (Fsp3) is 0.600. The number of rotatable bonds is 5. The van der Waals surface area contributed by atoms with Crippen LogP contribution in [0.2, 0.25) is 0 Å². The average molecular weight is 266 g/mol. The number of ether oxygens (including phenoxy) is 1.